The van der Waals surface area contributed by atoms with Crippen LogP contribution in [-0.2, 0) is 9.59 Å². The minimum Gasteiger partial charge on any atom is -0.480 e. The normalized spacial score (nSPS) is 27.4. The van der Waals surface area contributed by atoms with E-state index in [1.807, 2.05) is 0 Å². The molecule has 0 radical (unpaired) electrons. The molecule has 1 saturated heterocycles. The highest BCUT2D eigenvalue weighted by Gasteiger charge is 2.39. The zero-order chi connectivity index (χ0) is 10.1. The summed E-state index contributed by atoms with van der Waals surface area (Å²) in [5, 5.41) is 8.97. The molecule has 0 aromatic carbocycles. The summed E-state index contributed by atoms with van der Waals surface area (Å²) in [5.74, 6) is -0.647. The quantitative estimate of drug-likeness (QED) is 0.714. The van der Waals surface area contributed by atoms with Gasteiger partial charge in [0, 0.05) is 12.5 Å². The highest BCUT2D eigenvalue weighted by atomic mass is 16.4. The molecule has 0 aromatic heterocycles. The van der Waals surface area contributed by atoms with Gasteiger partial charge in [0.15, 0.2) is 0 Å². The van der Waals surface area contributed by atoms with Gasteiger partial charge in [-0.05, 0) is 32.1 Å². The fraction of sp³-hybridized carbons (Fsp3) is 0.800. The van der Waals surface area contributed by atoms with Crippen LogP contribution in [0.3, 0.4) is 0 Å². The lowest BCUT2D eigenvalue weighted by molar-refractivity contribution is -0.152. The van der Waals surface area contributed by atoms with Crippen LogP contribution < -0.4 is 0 Å². The van der Waals surface area contributed by atoms with Gasteiger partial charge in [-0.1, -0.05) is 0 Å². The fourth-order valence-corrected chi connectivity index (χ4v) is 2.02. The van der Waals surface area contributed by atoms with E-state index in [2.05, 4.69) is 0 Å². The Morgan fingerprint density at radius 1 is 1.14 bits per heavy atom. The number of carboxylic acid groups (broad SMARTS) is 1. The number of nitrogens with zero attached hydrogens (tertiary/aromatic N) is 1. The summed E-state index contributed by atoms with van der Waals surface area (Å²) in [4.78, 5) is 24.2. The first-order chi connectivity index (χ1) is 6.70. The molecule has 1 N–H and O–H groups in total. The lowest BCUT2D eigenvalue weighted by atomic mass is 10.0. The van der Waals surface area contributed by atoms with Gasteiger partial charge in [-0.15, -0.1) is 0 Å². The van der Waals surface area contributed by atoms with Gasteiger partial charge >= 0.3 is 5.97 Å². The molecule has 0 bridgehead atoms. The van der Waals surface area contributed by atoms with Crippen LogP contribution in [0.5, 0.6) is 0 Å². The second kappa shape index (κ2) is 3.59. The predicted molar refractivity (Wildman–Crippen MR) is 49.7 cm³/mol. The van der Waals surface area contributed by atoms with Gasteiger partial charge in [0.05, 0.1) is 0 Å². The maximum atomic E-state index is 11.7. The Labute approximate surface area is 82.9 Å². The molecule has 1 atom stereocenters. The highest BCUT2D eigenvalue weighted by molar-refractivity contribution is 5.86. The van der Waals surface area contributed by atoms with E-state index in [0.717, 1.165) is 25.7 Å². The van der Waals surface area contributed by atoms with Crippen LogP contribution in [0.2, 0.25) is 0 Å². The molecule has 2 fully saturated rings. The topological polar surface area (TPSA) is 57.6 Å². The first kappa shape index (κ1) is 9.49. The number of likely N-dealkylation sites (tertiary alicyclic amines) is 1. The Morgan fingerprint density at radius 3 is 2.43 bits per heavy atom. The van der Waals surface area contributed by atoms with Gasteiger partial charge in [-0.3, -0.25) is 4.79 Å². The lowest BCUT2D eigenvalue weighted by Crippen LogP contribution is -2.48. The van der Waals surface area contributed by atoms with E-state index in [0.29, 0.717) is 13.0 Å². The number of rotatable bonds is 2. The Morgan fingerprint density at radius 2 is 1.86 bits per heavy atom. The third kappa shape index (κ3) is 1.74. The van der Waals surface area contributed by atoms with Gasteiger partial charge in [0.25, 0.3) is 0 Å². The molecule has 4 nitrogen and oxygen atoms in total. The molecule has 1 aliphatic carbocycles. The van der Waals surface area contributed by atoms with Crippen LogP contribution in [0.25, 0.3) is 0 Å². The molecule has 2 rings (SSSR count). The van der Waals surface area contributed by atoms with E-state index in [1.165, 1.54) is 0 Å². The smallest absolute Gasteiger partial charge is 0.326 e. The molecular weight excluding hydrogens is 182 g/mol. The molecular formula is C10H15NO3. The second-order valence-electron chi connectivity index (χ2n) is 4.16. The average molecular weight is 197 g/mol. The molecule has 4 heteroatoms. The van der Waals surface area contributed by atoms with Crippen LogP contribution in [0.15, 0.2) is 0 Å². The minimum absolute atomic E-state index is 0.0668. The molecule has 0 spiro atoms. The molecule has 0 aromatic rings. The highest BCUT2D eigenvalue weighted by Crippen LogP contribution is 2.33. The largest absolute Gasteiger partial charge is 0.480 e. The zero-order valence-electron chi connectivity index (χ0n) is 8.11. The third-order valence-corrected chi connectivity index (χ3v) is 3.00. The van der Waals surface area contributed by atoms with Crippen molar-refractivity contribution in [1.29, 1.82) is 0 Å². The number of hydrogen-bond donors (Lipinski definition) is 1. The van der Waals surface area contributed by atoms with Crippen LogP contribution in [0.1, 0.15) is 32.1 Å². The number of hydrogen-bond acceptors (Lipinski definition) is 2. The predicted octanol–water partition coefficient (Wildman–Crippen LogP) is 0.862. The summed E-state index contributed by atoms with van der Waals surface area (Å²) in [6.07, 6.45) is 4.38. The van der Waals surface area contributed by atoms with Crippen molar-refractivity contribution in [2.75, 3.05) is 6.54 Å². The van der Waals surface area contributed by atoms with Crippen molar-refractivity contribution < 1.29 is 14.7 Å². The molecule has 78 valence electrons. The van der Waals surface area contributed by atoms with Crippen molar-refractivity contribution in [2.45, 2.75) is 38.1 Å². The van der Waals surface area contributed by atoms with Gasteiger partial charge in [-0.25, -0.2) is 4.79 Å². The number of carboxylic acids is 1. The zero-order valence-corrected chi connectivity index (χ0v) is 8.11. The van der Waals surface area contributed by atoms with Crippen LogP contribution in [0, 0.1) is 5.92 Å². The molecule has 1 heterocycles. The van der Waals surface area contributed by atoms with E-state index in [9.17, 15) is 9.59 Å². The second-order valence-corrected chi connectivity index (χ2v) is 4.16. The van der Waals surface area contributed by atoms with Crippen molar-refractivity contribution in [3.63, 3.8) is 0 Å². The number of carbonyl (C=O) groups is 2. The summed E-state index contributed by atoms with van der Waals surface area (Å²) in [6.45, 7) is 0.631. The third-order valence-electron chi connectivity index (χ3n) is 3.00. The van der Waals surface area contributed by atoms with Crippen LogP contribution >= 0.6 is 0 Å². The molecule has 1 saturated carbocycles. The number of carbonyl (C=O) groups excluding carboxylic acids is 1. The maximum Gasteiger partial charge on any atom is 0.326 e. The van der Waals surface area contributed by atoms with E-state index >= 15 is 0 Å². The number of amides is 1. The van der Waals surface area contributed by atoms with E-state index in [-0.39, 0.29) is 11.8 Å². The summed E-state index contributed by atoms with van der Waals surface area (Å²) < 4.78 is 0. The number of aliphatic carboxylic acids is 1. The summed E-state index contributed by atoms with van der Waals surface area (Å²) in [6, 6.07) is -0.558. The molecule has 1 aliphatic heterocycles. The summed E-state index contributed by atoms with van der Waals surface area (Å²) >= 11 is 0. The standard InChI is InChI=1S/C10H15NO3/c12-9(7-4-5-7)11-6-2-1-3-8(11)10(13)14/h7-8H,1-6H2,(H,13,14)/t8-/m1/s1. The fourth-order valence-electron chi connectivity index (χ4n) is 2.02. The Hall–Kier alpha value is -1.06. The summed E-state index contributed by atoms with van der Waals surface area (Å²) in [5.41, 5.74) is 0. The van der Waals surface area contributed by atoms with E-state index in [1.54, 1.807) is 4.90 Å². The molecule has 1 amide bonds. The van der Waals surface area contributed by atoms with Crippen molar-refractivity contribution in [1.82, 2.24) is 4.90 Å². The Bertz CT molecular complexity index is 260. The van der Waals surface area contributed by atoms with E-state index < -0.39 is 12.0 Å². The van der Waals surface area contributed by atoms with Crippen LogP contribution in [-0.4, -0.2) is 34.5 Å². The van der Waals surface area contributed by atoms with Gasteiger partial charge < -0.3 is 10.0 Å². The van der Waals surface area contributed by atoms with Gasteiger partial charge in [0.2, 0.25) is 5.91 Å². The SMILES string of the molecule is O=C(O)[C@H]1CCCCN1C(=O)C1CC1. The number of piperidine rings is 1. The average Bonchev–Trinajstić information content (AvgIpc) is 3.00. The van der Waals surface area contributed by atoms with Gasteiger partial charge in [-0.2, -0.15) is 0 Å². The maximum absolute atomic E-state index is 11.7. The lowest BCUT2D eigenvalue weighted by Gasteiger charge is -2.33. The van der Waals surface area contributed by atoms with Crippen molar-refractivity contribution in [3.8, 4) is 0 Å². The van der Waals surface area contributed by atoms with E-state index in [4.69, 9.17) is 5.11 Å². The van der Waals surface area contributed by atoms with Crippen molar-refractivity contribution in [2.24, 2.45) is 5.92 Å². The molecule has 0 unspecified atom stereocenters. The van der Waals surface area contributed by atoms with Crippen molar-refractivity contribution >= 4 is 11.9 Å². The Balaban J connectivity index is 2.05. The monoisotopic (exact) mass is 197 g/mol. The summed E-state index contributed by atoms with van der Waals surface area (Å²) in [7, 11) is 0. The first-order valence-corrected chi connectivity index (χ1v) is 5.23. The van der Waals surface area contributed by atoms with Gasteiger partial charge in [0.1, 0.15) is 6.04 Å². The molecule has 14 heavy (non-hydrogen) atoms. The minimum atomic E-state index is -0.848. The van der Waals surface area contributed by atoms with Crippen LogP contribution in [0.4, 0.5) is 0 Å². The Kier molecular flexibility index (Phi) is 2.44. The first-order valence-electron chi connectivity index (χ1n) is 5.23. The van der Waals surface area contributed by atoms with Crippen molar-refractivity contribution in [3.05, 3.63) is 0 Å². The molecule has 2 aliphatic rings.